The molecule has 3 unspecified atom stereocenters. The average Bonchev–Trinajstić information content (AvgIpc) is 2.46. The fourth-order valence-electron chi connectivity index (χ4n) is 3.69. The summed E-state index contributed by atoms with van der Waals surface area (Å²) in [7, 11) is 0. The Balaban J connectivity index is 1.55. The summed E-state index contributed by atoms with van der Waals surface area (Å²) in [5, 5.41) is 23.6. The van der Waals surface area contributed by atoms with Crippen molar-refractivity contribution in [2.75, 3.05) is 19.7 Å². The molecule has 0 saturated heterocycles. The van der Waals surface area contributed by atoms with Crippen LogP contribution >= 0.6 is 0 Å². The molecule has 0 aromatic carbocycles. The summed E-state index contributed by atoms with van der Waals surface area (Å²) in [4.78, 5) is 0. The zero-order chi connectivity index (χ0) is 15.1. The zero-order valence-corrected chi connectivity index (χ0v) is 13.5. The summed E-state index contributed by atoms with van der Waals surface area (Å²) in [6, 6.07) is 0. The number of rotatable bonds is 7. The molecular weight excluding hydrogens is 266 g/mol. The molecule has 0 heterocycles. The van der Waals surface area contributed by atoms with E-state index < -0.39 is 11.7 Å². The van der Waals surface area contributed by atoms with Crippen LogP contribution in [0, 0.1) is 5.92 Å². The summed E-state index contributed by atoms with van der Waals surface area (Å²) in [6.07, 6.45) is 9.88. The van der Waals surface area contributed by atoms with Crippen LogP contribution in [-0.2, 0) is 4.74 Å². The van der Waals surface area contributed by atoms with Crippen molar-refractivity contribution in [3.63, 3.8) is 0 Å². The molecule has 2 aliphatic rings. The van der Waals surface area contributed by atoms with Crippen LogP contribution < -0.4 is 5.32 Å². The topological polar surface area (TPSA) is 61.7 Å². The van der Waals surface area contributed by atoms with Crippen molar-refractivity contribution in [1.29, 1.82) is 0 Å². The molecule has 0 spiro atoms. The minimum Gasteiger partial charge on any atom is -0.389 e. The Morgan fingerprint density at radius 3 is 2.67 bits per heavy atom. The number of nitrogens with one attached hydrogen (secondary N) is 1. The van der Waals surface area contributed by atoms with Crippen LogP contribution in [0.15, 0.2) is 0 Å². The van der Waals surface area contributed by atoms with Crippen LogP contribution in [0.1, 0.15) is 64.7 Å². The second kappa shape index (κ2) is 8.47. The SMILES string of the molecule is CC1CCCC(OCC(O)CNCC2(O)CCCCC2)C1. The Morgan fingerprint density at radius 2 is 1.95 bits per heavy atom. The van der Waals surface area contributed by atoms with E-state index in [1.165, 1.54) is 19.3 Å². The van der Waals surface area contributed by atoms with E-state index in [-0.39, 0.29) is 0 Å². The van der Waals surface area contributed by atoms with E-state index in [9.17, 15) is 10.2 Å². The Hall–Kier alpha value is -0.160. The Kier molecular flexibility index (Phi) is 6.93. The van der Waals surface area contributed by atoms with Gasteiger partial charge in [0.1, 0.15) is 0 Å². The van der Waals surface area contributed by atoms with E-state index >= 15 is 0 Å². The van der Waals surface area contributed by atoms with Gasteiger partial charge >= 0.3 is 0 Å². The van der Waals surface area contributed by atoms with Crippen molar-refractivity contribution in [2.45, 2.75) is 82.5 Å². The molecule has 0 bridgehead atoms. The lowest BCUT2D eigenvalue weighted by Crippen LogP contribution is -2.45. The van der Waals surface area contributed by atoms with Gasteiger partial charge in [0.25, 0.3) is 0 Å². The van der Waals surface area contributed by atoms with Crippen molar-refractivity contribution in [3.8, 4) is 0 Å². The second-order valence-corrected chi connectivity index (χ2v) is 7.30. The normalized spacial score (nSPS) is 31.0. The highest BCUT2D eigenvalue weighted by Gasteiger charge is 2.28. The highest BCUT2D eigenvalue weighted by atomic mass is 16.5. The third-order valence-electron chi connectivity index (χ3n) is 5.03. The van der Waals surface area contributed by atoms with E-state index in [4.69, 9.17) is 4.74 Å². The molecule has 21 heavy (non-hydrogen) atoms. The molecule has 2 fully saturated rings. The molecule has 4 heteroatoms. The number of hydrogen-bond acceptors (Lipinski definition) is 4. The number of ether oxygens (including phenoxy) is 1. The summed E-state index contributed by atoms with van der Waals surface area (Å²) in [5.41, 5.74) is -0.558. The fraction of sp³-hybridized carbons (Fsp3) is 1.00. The summed E-state index contributed by atoms with van der Waals surface area (Å²) < 4.78 is 5.83. The molecule has 2 rings (SSSR count). The molecular formula is C17H33NO3. The molecule has 2 saturated carbocycles. The van der Waals surface area contributed by atoms with E-state index in [1.54, 1.807) is 0 Å². The highest BCUT2D eigenvalue weighted by molar-refractivity contribution is 4.84. The van der Waals surface area contributed by atoms with Gasteiger partial charge < -0.3 is 20.3 Å². The smallest absolute Gasteiger partial charge is 0.0897 e. The summed E-state index contributed by atoms with van der Waals surface area (Å²) in [6.45, 7) is 3.77. The van der Waals surface area contributed by atoms with E-state index in [2.05, 4.69) is 12.2 Å². The van der Waals surface area contributed by atoms with Gasteiger partial charge in [-0.3, -0.25) is 0 Å². The maximum absolute atomic E-state index is 10.4. The molecule has 3 N–H and O–H groups in total. The third kappa shape index (κ3) is 6.23. The summed E-state index contributed by atoms with van der Waals surface area (Å²) >= 11 is 0. The first-order valence-corrected chi connectivity index (χ1v) is 8.80. The molecule has 0 radical (unpaired) electrons. The monoisotopic (exact) mass is 299 g/mol. The van der Waals surface area contributed by atoms with Crippen molar-refractivity contribution in [1.82, 2.24) is 5.32 Å². The Morgan fingerprint density at radius 1 is 1.19 bits per heavy atom. The van der Waals surface area contributed by atoms with Gasteiger partial charge in [0.05, 0.1) is 24.4 Å². The van der Waals surface area contributed by atoms with Gasteiger partial charge in [-0.2, -0.15) is 0 Å². The predicted octanol–water partition coefficient (Wildman–Crippen LogP) is 2.23. The van der Waals surface area contributed by atoms with Crippen molar-refractivity contribution in [2.24, 2.45) is 5.92 Å². The van der Waals surface area contributed by atoms with Gasteiger partial charge in [0, 0.05) is 13.1 Å². The highest BCUT2D eigenvalue weighted by Crippen LogP contribution is 2.27. The Labute approximate surface area is 129 Å². The van der Waals surface area contributed by atoms with E-state index in [1.807, 2.05) is 0 Å². The molecule has 2 aliphatic carbocycles. The third-order valence-corrected chi connectivity index (χ3v) is 5.03. The zero-order valence-electron chi connectivity index (χ0n) is 13.5. The predicted molar refractivity (Wildman–Crippen MR) is 84.3 cm³/mol. The maximum atomic E-state index is 10.4. The number of aliphatic hydroxyl groups excluding tert-OH is 1. The van der Waals surface area contributed by atoms with Crippen molar-refractivity contribution >= 4 is 0 Å². The van der Waals surface area contributed by atoms with Gasteiger partial charge in [-0.15, -0.1) is 0 Å². The van der Waals surface area contributed by atoms with Crippen LogP contribution in [0.5, 0.6) is 0 Å². The van der Waals surface area contributed by atoms with Crippen LogP contribution in [0.3, 0.4) is 0 Å². The van der Waals surface area contributed by atoms with E-state index in [0.717, 1.165) is 44.4 Å². The standard InChI is InChI=1S/C17H33NO3/c1-14-6-5-7-16(10-14)21-12-15(19)11-18-13-17(20)8-3-2-4-9-17/h14-16,18-20H,2-13H2,1H3. The summed E-state index contributed by atoms with van der Waals surface area (Å²) in [5.74, 6) is 0.750. The van der Waals surface area contributed by atoms with Crippen molar-refractivity contribution < 1.29 is 14.9 Å². The fourth-order valence-corrected chi connectivity index (χ4v) is 3.69. The molecule has 0 amide bonds. The quantitative estimate of drug-likeness (QED) is 0.674. The molecule has 0 aliphatic heterocycles. The lowest BCUT2D eigenvalue weighted by molar-refractivity contribution is -0.0347. The lowest BCUT2D eigenvalue weighted by atomic mass is 9.85. The average molecular weight is 299 g/mol. The maximum Gasteiger partial charge on any atom is 0.0897 e. The molecule has 4 nitrogen and oxygen atoms in total. The van der Waals surface area contributed by atoms with Gasteiger partial charge in [0.15, 0.2) is 0 Å². The Bertz CT molecular complexity index is 292. The van der Waals surface area contributed by atoms with Crippen LogP contribution in [0.4, 0.5) is 0 Å². The van der Waals surface area contributed by atoms with Crippen molar-refractivity contribution in [3.05, 3.63) is 0 Å². The van der Waals surface area contributed by atoms with Gasteiger partial charge in [0.2, 0.25) is 0 Å². The number of aliphatic hydroxyl groups is 2. The van der Waals surface area contributed by atoms with Crippen LogP contribution in [0.25, 0.3) is 0 Å². The van der Waals surface area contributed by atoms with Gasteiger partial charge in [-0.05, 0) is 31.6 Å². The van der Waals surface area contributed by atoms with Crippen LogP contribution in [-0.4, -0.2) is 47.7 Å². The van der Waals surface area contributed by atoms with E-state index in [0.29, 0.717) is 25.8 Å². The minimum atomic E-state index is -0.558. The molecule has 0 aromatic heterocycles. The van der Waals surface area contributed by atoms with Crippen LogP contribution in [0.2, 0.25) is 0 Å². The number of hydrogen-bond donors (Lipinski definition) is 3. The van der Waals surface area contributed by atoms with Gasteiger partial charge in [-0.25, -0.2) is 0 Å². The van der Waals surface area contributed by atoms with Gasteiger partial charge in [-0.1, -0.05) is 39.0 Å². The molecule has 124 valence electrons. The molecule has 3 atom stereocenters. The largest absolute Gasteiger partial charge is 0.389 e. The first-order valence-electron chi connectivity index (χ1n) is 8.80. The first kappa shape index (κ1) is 17.2. The second-order valence-electron chi connectivity index (χ2n) is 7.30. The minimum absolute atomic E-state index is 0.325. The molecule has 0 aromatic rings. The first-order chi connectivity index (χ1) is 10.1. The lowest BCUT2D eigenvalue weighted by Gasteiger charge is -2.32.